The Morgan fingerprint density at radius 3 is 1.38 bits per heavy atom. The lowest BCUT2D eigenvalue weighted by Crippen LogP contribution is -2.29. The maximum atomic E-state index is 12.6. The second-order valence-electron chi connectivity index (χ2n) is 15.9. The molecule has 9 nitrogen and oxygen atoms in total. The molecule has 0 saturated heterocycles. The summed E-state index contributed by atoms with van der Waals surface area (Å²) in [6, 6.07) is 0. The monoisotopic (exact) mass is 876 g/mol. The number of carbonyl (C=O) groups is 2. The van der Waals surface area contributed by atoms with Crippen LogP contribution in [0.25, 0.3) is 0 Å². The topological polar surface area (TPSA) is 134 Å². The Balaban J connectivity index is 4.14. The molecule has 0 spiro atoms. The molecular weight excluding hydrogens is 786 g/mol. The zero-order chi connectivity index (χ0) is 44.6. The van der Waals surface area contributed by atoms with Gasteiger partial charge in [0.15, 0.2) is 6.10 Å². The third kappa shape index (κ3) is 46.8. The number of unbranched alkanes of at least 4 members (excludes halogenated alkanes) is 20. The van der Waals surface area contributed by atoms with Crippen LogP contribution >= 0.6 is 7.82 Å². The molecule has 0 radical (unpaired) electrons. The smallest absolute Gasteiger partial charge is 0.462 e. The molecule has 0 fully saturated rings. The first-order valence-electron chi connectivity index (χ1n) is 24.4. The maximum absolute atomic E-state index is 12.6. The van der Waals surface area contributed by atoms with Gasteiger partial charge in [-0.15, -0.1) is 0 Å². The first-order valence-corrected chi connectivity index (χ1v) is 25.9. The maximum Gasteiger partial charge on any atom is 0.472 e. The quantitative estimate of drug-likeness (QED) is 0.0265. The van der Waals surface area contributed by atoms with Gasteiger partial charge in [-0.3, -0.25) is 18.6 Å². The van der Waals surface area contributed by atoms with Crippen molar-refractivity contribution in [1.82, 2.24) is 0 Å². The fourth-order valence-corrected chi connectivity index (χ4v) is 7.24. The van der Waals surface area contributed by atoms with Crippen LogP contribution in [0.15, 0.2) is 72.9 Å². The summed E-state index contributed by atoms with van der Waals surface area (Å²) in [7, 11) is -4.39. The normalized spacial score (nSPS) is 13.8. The highest BCUT2D eigenvalue weighted by Gasteiger charge is 2.26. The average molecular weight is 876 g/mol. The second kappa shape index (κ2) is 46.9. The summed E-state index contributed by atoms with van der Waals surface area (Å²) >= 11 is 0. The highest BCUT2D eigenvalue weighted by atomic mass is 31.2. The number of hydrogen-bond acceptors (Lipinski definition) is 8. The lowest BCUT2D eigenvalue weighted by atomic mass is 10.0. The Bertz CT molecular complexity index is 1230. The molecule has 10 heteroatoms. The standard InChI is InChI=1S/C51H90NO8P/c1-3-5-7-9-11-13-15-17-19-21-23-24-26-28-30-32-34-36-38-40-42-44-51(54)60-49(48-59-61(55,56)58-46-45-52)47-57-50(53)43-41-39-37-35-33-31-29-27-25-22-20-18-16-14-12-10-8-6-4-2/h6,8,12,14,17-20,25,27,31,33,49H,3-5,7,9-11,13,15-16,21-24,26,28-30,32,34-48,52H2,1-2H3,(H,55,56)/b8-6+,14-12+,19-17+,20-18+,27-25+,33-31+/t49-/m1/s1. The van der Waals surface area contributed by atoms with Gasteiger partial charge in [-0.25, -0.2) is 4.57 Å². The highest BCUT2D eigenvalue weighted by molar-refractivity contribution is 7.47. The SMILES string of the molecule is CC/C=C/C/C=C/C/C=C/C/C=C/C/C=C/CCCCCC(=O)OC[C@H](COP(=O)(O)OCCN)OC(=O)CCCCCCCCCCCCC/C=C/CCCCCCCC. The fraction of sp³-hybridized carbons (Fsp3) is 0.725. The van der Waals surface area contributed by atoms with Gasteiger partial charge in [-0.05, 0) is 83.5 Å². The van der Waals surface area contributed by atoms with Crippen LogP contribution in [0.3, 0.4) is 0 Å². The zero-order valence-corrected chi connectivity index (χ0v) is 39.8. The fourth-order valence-electron chi connectivity index (χ4n) is 6.48. The lowest BCUT2D eigenvalue weighted by molar-refractivity contribution is -0.161. The van der Waals surface area contributed by atoms with Crippen molar-refractivity contribution in [3.63, 3.8) is 0 Å². The van der Waals surface area contributed by atoms with Gasteiger partial charge in [0.2, 0.25) is 0 Å². The van der Waals surface area contributed by atoms with E-state index < -0.39 is 32.5 Å². The number of ether oxygens (including phenoxy) is 2. The van der Waals surface area contributed by atoms with Gasteiger partial charge < -0.3 is 20.1 Å². The molecule has 0 aliphatic heterocycles. The third-order valence-electron chi connectivity index (χ3n) is 10.1. The number of rotatable bonds is 45. The van der Waals surface area contributed by atoms with Crippen molar-refractivity contribution >= 4 is 19.8 Å². The van der Waals surface area contributed by atoms with E-state index in [9.17, 15) is 19.0 Å². The van der Waals surface area contributed by atoms with E-state index in [1.165, 1.54) is 96.3 Å². The molecule has 0 bridgehead atoms. The van der Waals surface area contributed by atoms with E-state index in [-0.39, 0.29) is 32.6 Å². The summed E-state index contributed by atoms with van der Waals surface area (Å²) in [5.41, 5.74) is 5.36. The van der Waals surface area contributed by atoms with Crippen LogP contribution < -0.4 is 5.73 Å². The van der Waals surface area contributed by atoms with Crippen molar-refractivity contribution in [1.29, 1.82) is 0 Å². The molecule has 1 unspecified atom stereocenters. The molecule has 0 rings (SSSR count). The summed E-state index contributed by atoms with van der Waals surface area (Å²) in [4.78, 5) is 35.0. The minimum atomic E-state index is -4.39. The largest absolute Gasteiger partial charge is 0.472 e. The molecule has 3 N–H and O–H groups in total. The zero-order valence-electron chi connectivity index (χ0n) is 38.9. The van der Waals surface area contributed by atoms with Crippen molar-refractivity contribution in [3.05, 3.63) is 72.9 Å². The number of carbonyl (C=O) groups excluding carboxylic acids is 2. The summed E-state index contributed by atoms with van der Waals surface area (Å²) in [6.45, 7) is 3.58. The van der Waals surface area contributed by atoms with E-state index in [2.05, 4.69) is 86.8 Å². The first kappa shape index (κ1) is 58.5. The second-order valence-corrected chi connectivity index (χ2v) is 17.4. The average Bonchev–Trinajstić information content (AvgIpc) is 3.25. The van der Waals surface area contributed by atoms with E-state index in [0.717, 1.165) is 70.6 Å². The lowest BCUT2D eigenvalue weighted by Gasteiger charge is -2.19. The first-order chi connectivity index (χ1) is 29.8. The number of phosphoric acid groups is 1. The van der Waals surface area contributed by atoms with E-state index in [4.69, 9.17) is 24.3 Å². The molecule has 0 amide bonds. The Morgan fingerprint density at radius 2 is 0.902 bits per heavy atom. The Labute approximate surface area is 373 Å². The van der Waals surface area contributed by atoms with Crippen LogP contribution in [-0.4, -0.2) is 49.3 Å². The van der Waals surface area contributed by atoms with Crippen molar-refractivity contribution in [2.24, 2.45) is 5.73 Å². The Morgan fingerprint density at radius 1 is 0.508 bits per heavy atom. The van der Waals surface area contributed by atoms with Crippen molar-refractivity contribution in [2.75, 3.05) is 26.4 Å². The van der Waals surface area contributed by atoms with Gasteiger partial charge in [-0.1, -0.05) is 183 Å². The van der Waals surface area contributed by atoms with Gasteiger partial charge in [0.05, 0.1) is 13.2 Å². The number of esters is 2. The van der Waals surface area contributed by atoms with E-state index in [1.54, 1.807) is 0 Å². The Kier molecular flexibility index (Phi) is 45.0. The molecule has 0 saturated carbocycles. The molecule has 0 aromatic heterocycles. The van der Waals surface area contributed by atoms with Crippen molar-refractivity contribution in [2.45, 2.75) is 213 Å². The van der Waals surface area contributed by atoms with E-state index in [0.29, 0.717) is 12.8 Å². The molecule has 352 valence electrons. The summed E-state index contributed by atoms with van der Waals surface area (Å²) in [6.07, 6.45) is 57.9. The summed E-state index contributed by atoms with van der Waals surface area (Å²) in [5, 5.41) is 0. The number of nitrogens with two attached hydrogens (primary N) is 1. The van der Waals surface area contributed by atoms with Gasteiger partial charge in [0.25, 0.3) is 0 Å². The van der Waals surface area contributed by atoms with Crippen LogP contribution in [0.4, 0.5) is 0 Å². The van der Waals surface area contributed by atoms with E-state index >= 15 is 0 Å². The van der Waals surface area contributed by atoms with Gasteiger partial charge in [0, 0.05) is 19.4 Å². The number of phosphoric ester groups is 1. The highest BCUT2D eigenvalue weighted by Crippen LogP contribution is 2.43. The molecular formula is C51H90NO8P. The van der Waals surface area contributed by atoms with Crippen LogP contribution in [0.5, 0.6) is 0 Å². The number of hydrogen-bond donors (Lipinski definition) is 2. The molecule has 0 aromatic rings. The van der Waals surface area contributed by atoms with Crippen LogP contribution in [-0.2, 0) is 32.7 Å². The predicted octanol–water partition coefficient (Wildman–Crippen LogP) is 14.6. The van der Waals surface area contributed by atoms with Crippen LogP contribution in [0, 0.1) is 0 Å². The van der Waals surface area contributed by atoms with Gasteiger partial charge >= 0.3 is 19.8 Å². The van der Waals surface area contributed by atoms with Crippen LogP contribution in [0.2, 0.25) is 0 Å². The molecule has 61 heavy (non-hydrogen) atoms. The third-order valence-corrected chi connectivity index (χ3v) is 11.1. The van der Waals surface area contributed by atoms with Gasteiger partial charge in [0.1, 0.15) is 6.61 Å². The summed E-state index contributed by atoms with van der Waals surface area (Å²) < 4.78 is 32.9. The predicted molar refractivity (Wildman–Crippen MR) is 256 cm³/mol. The van der Waals surface area contributed by atoms with Crippen molar-refractivity contribution < 1.29 is 37.6 Å². The van der Waals surface area contributed by atoms with Crippen molar-refractivity contribution in [3.8, 4) is 0 Å². The van der Waals surface area contributed by atoms with Gasteiger partial charge in [-0.2, -0.15) is 0 Å². The number of allylic oxidation sites excluding steroid dienone is 12. The molecule has 0 aliphatic carbocycles. The molecule has 2 atom stereocenters. The molecule has 0 heterocycles. The summed E-state index contributed by atoms with van der Waals surface area (Å²) in [5.74, 6) is -0.868. The minimum Gasteiger partial charge on any atom is -0.462 e. The van der Waals surface area contributed by atoms with E-state index in [1.807, 2.05) is 0 Å². The van der Waals surface area contributed by atoms with Crippen LogP contribution in [0.1, 0.15) is 206 Å². The molecule has 0 aromatic carbocycles. The minimum absolute atomic E-state index is 0.0456. The molecule has 0 aliphatic rings. The Hall–Kier alpha value is -2.55.